The average Bonchev–Trinajstić information content (AvgIpc) is 1.36. The molecule has 14 N–H and O–H groups in total. The second-order valence-corrected chi connectivity index (χ2v) is 0.610. The van der Waals surface area contributed by atoms with Gasteiger partial charge in [0.25, 0.3) is 0 Å². The molecule has 0 radical (unpaired) electrons. The Morgan fingerprint density at radius 1 is 0.615 bits per heavy atom. The smallest absolute Gasteiger partial charge is 0.693 e. The molecule has 0 aromatic carbocycles. The summed E-state index contributed by atoms with van der Waals surface area (Å²) in [6.07, 6.45) is 0. The Bertz CT molecular complexity index is 88.6. The van der Waals surface area contributed by atoms with Crippen LogP contribution in [0.5, 0.6) is 0 Å². The molecule has 0 saturated heterocycles. The number of carboxylic acids is 2. The van der Waals surface area contributed by atoms with Crippen molar-refractivity contribution in [3.8, 4) is 0 Å². The van der Waals surface area contributed by atoms with E-state index in [9.17, 15) is 0 Å². The van der Waals surface area contributed by atoms with Gasteiger partial charge in [-0.3, -0.25) is 0 Å². The summed E-state index contributed by atoms with van der Waals surface area (Å²) < 4.78 is 0. The third-order valence-electron chi connectivity index (χ3n) is 0.183. The minimum atomic E-state index is -1.82. The van der Waals surface area contributed by atoms with E-state index < -0.39 is 11.9 Å². The van der Waals surface area contributed by atoms with E-state index in [4.69, 9.17) is 19.8 Å². The second-order valence-electron chi connectivity index (χ2n) is 0.610. The third kappa shape index (κ3) is 92.4. The van der Waals surface area contributed by atoms with Crippen LogP contribution in [0.1, 0.15) is 0 Å². The van der Waals surface area contributed by atoms with E-state index in [2.05, 4.69) is 0 Å². The molecule has 0 spiro atoms. The van der Waals surface area contributed by atoms with Crippen LogP contribution in [0.2, 0.25) is 0 Å². The molecule has 88 valence electrons. The van der Waals surface area contributed by atoms with Gasteiger partial charge in [-0.1, -0.05) is 0 Å². The van der Waals surface area contributed by atoms with Gasteiger partial charge in [-0.15, -0.1) is 0 Å². The van der Waals surface area contributed by atoms with Gasteiger partial charge >= 0.3 is 28.7 Å². The summed E-state index contributed by atoms with van der Waals surface area (Å²) in [4.78, 5) is 18.2. The van der Waals surface area contributed by atoms with Crippen molar-refractivity contribution in [1.82, 2.24) is 0 Å². The van der Waals surface area contributed by atoms with Crippen molar-refractivity contribution < 1.29 is 36.6 Å². The fourth-order valence-corrected chi connectivity index (χ4v) is 0. The van der Waals surface area contributed by atoms with Crippen LogP contribution in [0.4, 0.5) is 0 Å². The van der Waals surface area contributed by atoms with Crippen LogP contribution in [0.15, 0.2) is 0 Å². The van der Waals surface area contributed by atoms with Crippen molar-refractivity contribution >= 4 is 11.9 Å². The number of aliphatic carboxylic acids is 2. The fourth-order valence-electron chi connectivity index (χ4n) is 0. The summed E-state index contributed by atoms with van der Waals surface area (Å²) in [5.74, 6) is -3.65. The van der Waals surface area contributed by atoms with Crippen molar-refractivity contribution in [3.05, 3.63) is 36.9 Å². The van der Waals surface area contributed by atoms with Crippen molar-refractivity contribution in [2.75, 3.05) is 0 Å². The van der Waals surface area contributed by atoms with Gasteiger partial charge in [0.1, 0.15) is 0 Å². The first-order chi connectivity index (χ1) is 2.64. The molecule has 0 bridgehead atoms. The normalized spacial score (nSPS) is 3.38. The van der Waals surface area contributed by atoms with E-state index in [1.165, 1.54) is 0 Å². The van der Waals surface area contributed by atoms with E-state index in [0.29, 0.717) is 0 Å². The van der Waals surface area contributed by atoms with Crippen molar-refractivity contribution in [2.45, 2.75) is 0 Å². The zero-order valence-electron chi connectivity index (χ0n) is 6.51. The van der Waals surface area contributed by atoms with Crippen molar-refractivity contribution in [1.29, 1.82) is 0 Å². The maximum absolute atomic E-state index is 9.10. The zero-order valence-corrected chi connectivity index (χ0v) is 7.55. The van der Waals surface area contributed by atoms with Gasteiger partial charge in [0, 0.05) is 0 Å². The van der Waals surface area contributed by atoms with Crippen molar-refractivity contribution in [3.63, 3.8) is 0 Å². The van der Waals surface area contributed by atoms with E-state index in [0.717, 1.165) is 0 Å². The molecule has 0 aromatic heterocycles. The van der Waals surface area contributed by atoms with Gasteiger partial charge in [-0.2, -0.15) is 0 Å². The van der Waals surface area contributed by atoms with E-state index in [1.807, 2.05) is 0 Å². The van der Waals surface area contributed by atoms with Gasteiger partial charge in [0.15, 0.2) is 0 Å². The maximum atomic E-state index is 9.10. The third-order valence-corrected chi connectivity index (χ3v) is 0.183. The van der Waals surface area contributed by atoms with Gasteiger partial charge in [-0.25, -0.2) is 9.59 Å². The van der Waals surface area contributed by atoms with Crippen LogP contribution in [-0.4, -0.2) is 22.2 Å². The van der Waals surface area contributed by atoms with Gasteiger partial charge < -0.3 is 47.1 Å². The molecule has 10 nitrogen and oxygen atoms in total. The Morgan fingerprint density at radius 3 is 0.692 bits per heavy atom. The molecule has 11 heteroatoms. The molecule has 0 unspecified atom stereocenters. The number of nitrogens with two attached hydrogens (primary N) is 6. The Balaban J connectivity index is -0.00000000595. The summed E-state index contributed by atoms with van der Waals surface area (Å²) in [5.41, 5.74) is 0. The molecule has 13 heavy (non-hydrogen) atoms. The zero-order chi connectivity index (χ0) is 5.15. The molecule has 0 aliphatic carbocycles. The second kappa shape index (κ2) is 43.1. The summed E-state index contributed by atoms with van der Waals surface area (Å²) in [6.45, 7) is 0. The Hall–Kier alpha value is -0.794. The molecule has 0 heterocycles. The Morgan fingerprint density at radius 2 is 0.692 bits per heavy atom. The number of carbonyl (C=O) groups is 2. The Kier molecular flexibility index (Phi) is 287. The molecule has 0 aromatic rings. The van der Waals surface area contributed by atoms with Crippen LogP contribution in [0.3, 0.4) is 0 Å². The molecule has 0 aliphatic heterocycles. The standard InChI is InChI=1S/C2H2O4.Co.6H2N/c3-1(4)2(5)6;;;;;;;/h(H,3,4)(H,5,6);;6*1H2/q;+3;6*-1. The monoisotopic (exact) mass is 245 g/mol. The van der Waals surface area contributed by atoms with Crippen LogP contribution in [0.25, 0.3) is 36.9 Å². The predicted molar refractivity (Wildman–Crippen MR) is 47.0 cm³/mol. The van der Waals surface area contributed by atoms with Gasteiger partial charge in [-0.05, 0) is 0 Å². The van der Waals surface area contributed by atoms with Gasteiger partial charge in [0.05, 0.1) is 0 Å². The number of hydrogen-bond donors (Lipinski definition) is 2. The predicted octanol–water partition coefficient (Wildman–Crippen LogP) is 3.46. The summed E-state index contributed by atoms with van der Waals surface area (Å²) in [6, 6.07) is 0. The molecule has 0 saturated carbocycles. The molecular weight excluding hydrogens is 231 g/mol. The minimum absolute atomic E-state index is 0. The Labute approximate surface area is 86.2 Å². The molecule has 0 rings (SSSR count). The van der Waals surface area contributed by atoms with Crippen molar-refractivity contribution in [2.24, 2.45) is 0 Å². The topological polar surface area (TPSA) is 276 Å². The maximum Gasteiger partial charge on any atom is 3.00 e. The van der Waals surface area contributed by atoms with Crippen LogP contribution in [0, 0.1) is 0 Å². The molecule has 0 aliphatic rings. The SMILES string of the molecule is O=C(O)C(=O)O.[Co+3].[NH2-].[NH2-].[NH2-].[NH2-].[NH2-].[NH2-]. The summed E-state index contributed by atoms with van der Waals surface area (Å²) in [5, 5.41) is 14.8. The van der Waals surface area contributed by atoms with Crippen LogP contribution < -0.4 is 0 Å². The fraction of sp³-hybridized carbons (Fsp3) is 0. The van der Waals surface area contributed by atoms with Crippen LogP contribution >= 0.6 is 0 Å². The van der Waals surface area contributed by atoms with E-state index in [-0.39, 0.29) is 53.7 Å². The van der Waals surface area contributed by atoms with Gasteiger partial charge in [0.2, 0.25) is 0 Å². The number of hydrogen-bond acceptors (Lipinski definition) is 2. The molecule has 0 atom stereocenters. The van der Waals surface area contributed by atoms with E-state index in [1.54, 1.807) is 0 Å². The average molecular weight is 245 g/mol. The minimum Gasteiger partial charge on any atom is -0.693 e. The summed E-state index contributed by atoms with van der Waals surface area (Å²) in [7, 11) is 0. The summed E-state index contributed by atoms with van der Waals surface area (Å²) >= 11 is 0. The molecule has 0 fully saturated rings. The van der Waals surface area contributed by atoms with Crippen LogP contribution in [-0.2, 0) is 26.4 Å². The number of carboxylic acid groups (broad SMARTS) is 2. The quantitative estimate of drug-likeness (QED) is 0.605. The first-order valence-electron chi connectivity index (χ1n) is 1.11. The molecular formula is C2H14CoN6O4-3. The first kappa shape index (κ1) is 86.6. The number of rotatable bonds is 0. The first-order valence-corrected chi connectivity index (χ1v) is 1.11. The largest absolute Gasteiger partial charge is 3.00 e. The molecule has 0 amide bonds. The van der Waals surface area contributed by atoms with E-state index >= 15 is 0 Å².